The SMILES string of the molecule is Cl.Cl.Cl.Fc1ccc(-c2[nH]nc(NC3CCNCC3)c2-c2ccncc2)cc1. The largest absolute Gasteiger partial charge is 0.365 e. The molecule has 1 saturated heterocycles. The van der Waals surface area contributed by atoms with Crippen LogP contribution in [0.4, 0.5) is 10.2 Å². The zero-order chi connectivity index (χ0) is 17.1. The molecular weight excluding hydrogens is 424 g/mol. The average molecular weight is 447 g/mol. The number of hydrogen-bond acceptors (Lipinski definition) is 4. The third-order valence-electron chi connectivity index (χ3n) is 4.55. The second kappa shape index (κ2) is 11.2. The Bertz CT molecular complexity index is 837. The van der Waals surface area contributed by atoms with Gasteiger partial charge in [0.25, 0.3) is 0 Å². The van der Waals surface area contributed by atoms with Gasteiger partial charge in [0.2, 0.25) is 0 Å². The van der Waals surface area contributed by atoms with Gasteiger partial charge in [0.15, 0.2) is 5.82 Å². The molecule has 3 heterocycles. The van der Waals surface area contributed by atoms with Crippen molar-refractivity contribution in [2.75, 3.05) is 18.4 Å². The highest BCUT2D eigenvalue weighted by Crippen LogP contribution is 2.36. The topological polar surface area (TPSA) is 65.6 Å². The minimum atomic E-state index is -0.248. The molecule has 1 aliphatic rings. The molecule has 0 amide bonds. The first-order chi connectivity index (χ1) is 12.3. The molecule has 0 bridgehead atoms. The molecule has 1 aromatic carbocycles. The molecule has 0 atom stereocenters. The molecule has 0 spiro atoms. The number of nitrogens with one attached hydrogen (secondary N) is 3. The van der Waals surface area contributed by atoms with Crippen LogP contribution in [0.3, 0.4) is 0 Å². The van der Waals surface area contributed by atoms with Gasteiger partial charge in [0, 0.05) is 24.0 Å². The fourth-order valence-electron chi connectivity index (χ4n) is 3.23. The Morgan fingerprint density at radius 3 is 2.18 bits per heavy atom. The predicted molar refractivity (Wildman–Crippen MR) is 118 cm³/mol. The van der Waals surface area contributed by atoms with E-state index >= 15 is 0 Å². The van der Waals surface area contributed by atoms with Crippen molar-refractivity contribution in [1.82, 2.24) is 20.5 Å². The van der Waals surface area contributed by atoms with Crippen LogP contribution in [0.1, 0.15) is 12.8 Å². The van der Waals surface area contributed by atoms with Crippen LogP contribution in [-0.4, -0.2) is 34.3 Å². The van der Waals surface area contributed by atoms with Crippen molar-refractivity contribution in [2.45, 2.75) is 18.9 Å². The van der Waals surface area contributed by atoms with Crippen molar-refractivity contribution in [3.8, 4) is 22.4 Å². The van der Waals surface area contributed by atoms with Gasteiger partial charge in [0.1, 0.15) is 5.82 Å². The molecule has 4 rings (SSSR count). The lowest BCUT2D eigenvalue weighted by molar-refractivity contribution is 0.478. The van der Waals surface area contributed by atoms with Gasteiger partial charge in [-0.3, -0.25) is 10.1 Å². The molecule has 3 N–H and O–H groups in total. The van der Waals surface area contributed by atoms with Crippen LogP contribution in [0, 0.1) is 5.82 Å². The number of aromatic amines is 1. The lowest BCUT2D eigenvalue weighted by atomic mass is 10.0. The van der Waals surface area contributed by atoms with Crippen LogP contribution in [-0.2, 0) is 0 Å². The van der Waals surface area contributed by atoms with Gasteiger partial charge in [-0.1, -0.05) is 0 Å². The summed E-state index contributed by atoms with van der Waals surface area (Å²) in [5.41, 5.74) is 3.80. The molecule has 152 valence electrons. The summed E-state index contributed by atoms with van der Waals surface area (Å²) >= 11 is 0. The number of nitrogens with zero attached hydrogens (tertiary/aromatic N) is 2. The van der Waals surface area contributed by atoms with Gasteiger partial charge in [-0.25, -0.2) is 4.39 Å². The highest BCUT2D eigenvalue weighted by molar-refractivity contribution is 5.88. The highest BCUT2D eigenvalue weighted by Gasteiger charge is 2.20. The number of piperidine rings is 1. The maximum atomic E-state index is 13.3. The maximum absolute atomic E-state index is 13.3. The lowest BCUT2D eigenvalue weighted by Gasteiger charge is -2.24. The minimum absolute atomic E-state index is 0. The van der Waals surface area contributed by atoms with E-state index in [0.717, 1.165) is 54.1 Å². The number of H-pyrrole nitrogens is 1. The molecule has 0 saturated carbocycles. The van der Waals surface area contributed by atoms with Gasteiger partial charge >= 0.3 is 0 Å². The monoisotopic (exact) mass is 445 g/mol. The van der Waals surface area contributed by atoms with E-state index in [0.29, 0.717) is 6.04 Å². The normalized spacial score (nSPS) is 13.6. The van der Waals surface area contributed by atoms with E-state index in [1.165, 1.54) is 12.1 Å². The molecule has 1 fully saturated rings. The number of rotatable bonds is 4. The molecule has 0 aliphatic carbocycles. The van der Waals surface area contributed by atoms with E-state index in [9.17, 15) is 4.39 Å². The Balaban J connectivity index is 0.00000131. The molecule has 9 heteroatoms. The third-order valence-corrected chi connectivity index (χ3v) is 4.55. The summed E-state index contributed by atoms with van der Waals surface area (Å²) in [6.07, 6.45) is 5.67. The van der Waals surface area contributed by atoms with Gasteiger partial charge in [-0.15, -0.1) is 37.2 Å². The standard InChI is InChI=1S/C19H20FN5.3ClH/c20-15-3-1-14(2-4-15)18-17(13-5-9-21-10-6-13)19(25-24-18)23-16-7-11-22-12-8-16;;;/h1-6,9-10,16,22H,7-8,11-12H2,(H2,23,24,25);3*1H. The van der Waals surface area contributed by atoms with Crippen LogP contribution in [0.5, 0.6) is 0 Å². The number of hydrogen-bond donors (Lipinski definition) is 3. The number of benzene rings is 1. The smallest absolute Gasteiger partial charge is 0.156 e. The Morgan fingerprint density at radius 1 is 0.893 bits per heavy atom. The lowest BCUT2D eigenvalue weighted by Crippen LogP contribution is -2.35. The van der Waals surface area contributed by atoms with Gasteiger partial charge < -0.3 is 10.6 Å². The fourth-order valence-corrected chi connectivity index (χ4v) is 3.23. The van der Waals surface area contributed by atoms with E-state index < -0.39 is 0 Å². The van der Waals surface area contributed by atoms with Crippen LogP contribution in [0.2, 0.25) is 0 Å². The summed E-state index contributed by atoms with van der Waals surface area (Å²) in [6, 6.07) is 10.8. The van der Waals surface area contributed by atoms with Gasteiger partial charge in [-0.05, 0) is 67.9 Å². The molecule has 5 nitrogen and oxygen atoms in total. The highest BCUT2D eigenvalue weighted by atomic mass is 35.5. The summed E-state index contributed by atoms with van der Waals surface area (Å²) < 4.78 is 13.3. The third kappa shape index (κ3) is 5.35. The van der Waals surface area contributed by atoms with Crippen molar-refractivity contribution in [2.24, 2.45) is 0 Å². The Hall–Kier alpha value is -1.86. The summed E-state index contributed by atoms with van der Waals surface area (Å²) in [5.74, 6) is 0.583. The summed E-state index contributed by atoms with van der Waals surface area (Å²) in [5, 5.41) is 14.6. The van der Waals surface area contributed by atoms with Crippen molar-refractivity contribution in [1.29, 1.82) is 0 Å². The molecule has 0 radical (unpaired) electrons. The van der Waals surface area contributed by atoms with E-state index in [2.05, 4.69) is 25.8 Å². The average Bonchev–Trinajstić information content (AvgIpc) is 3.07. The first-order valence-electron chi connectivity index (χ1n) is 8.53. The zero-order valence-corrected chi connectivity index (χ0v) is 17.5. The molecule has 28 heavy (non-hydrogen) atoms. The van der Waals surface area contributed by atoms with Crippen LogP contribution in [0.15, 0.2) is 48.8 Å². The minimum Gasteiger partial charge on any atom is -0.365 e. The maximum Gasteiger partial charge on any atom is 0.156 e. The first-order valence-corrected chi connectivity index (χ1v) is 8.53. The van der Waals surface area contributed by atoms with Crippen molar-refractivity contribution < 1.29 is 4.39 Å². The van der Waals surface area contributed by atoms with Crippen LogP contribution < -0.4 is 10.6 Å². The van der Waals surface area contributed by atoms with E-state index in [1.807, 2.05) is 12.1 Å². The molecule has 0 unspecified atom stereocenters. The van der Waals surface area contributed by atoms with Gasteiger partial charge in [-0.2, -0.15) is 5.10 Å². The Morgan fingerprint density at radius 2 is 1.54 bits per heavy atom. The van der Waals surface area contributed by atoms with Crippen molar-refractivity contribution >= 4 is 43.0 Å². The molecule has 3 aromatic rings. The molecule has 1 aliphatic heterocycles. The van der Waals surface area contributed by atoms with E-state index in [-0.39, 0.29) is 43.0 Å². The number of halogens is 4. The van der Waals surface area contributed by atoms with Crippen molar-refractivity contribution in [3.63, 3.8) is 0 Å². The predicted octanol–water partition coefficient (Wildman–Crippen LogP) is 4.71. The molecule has 2 aromatic heterocycles. The second-order valence-electron chi connectivity index (χ2n) is 6.23. The van der Waals surface area contributed by atoms with E-state index in [4.69, 9.17) is 0 Å². The van der Waals surface area contributed by atoms with Gasteiger partial charge in [0.05, 0.1) is 11.3 Å². The fraction of sp³-hybridized carbons (Fsp3) is 0.263. The summed E-state index contributed by atoms with van der Waals surface area (Å²) in [7, 11) is 0. The number of aromatic nitrogens is 3. The number of anilines is 1. The molecular formula is C19H23Cl3FN5. The van der Waals surface area contributed by atoms with Crippen LogP contribution >= 0.6 is 37.2 Å². The van der Waals surface area contributed by atoms with Crippen LogP contribution in [0.25, 0.3) is 22.4 Å². The Kier molecular flexibility index (Phi) is 9.69. The van der Waals surface area contributed by atoms with E-state index in [1.54, 1.807) is 24.5 Å². The first kappa shape index (κ1) is 24.2. The summed E-state index contributed by atoms with van der Waals surface area (Å²) in [6.45, 7) is 2.02. The van der Waals surface area contributed by atoms with Crippen molar-refractivity contribution in [3.05, 3.63) is 54.6 Å². The quantitative estimate of drug-likeness (QED) is 0.543. The summed E-state index contributed by atoms with van der Waals surface area (Å²) in [4.78, 5) is 4.11. The second-order valence-corrected chi connectivity index (χ2v) is 6.23. The Labute approximate surface area is 182 Å². The zero-order valence-electron chi connectivity index (χ0n) is 15.0. The number of pyridine rings is 1.